The molecule has 3 aromatic rings. The molecule has 0 unspecified atom stereocenters. The Kier molecular flexibility index (Phi) is 4.77. The van der Waals surface area contributed by atoms with E-state index in [2.05, 4.69) is 15.0 Å². The standard InChI is InChI=1S/C20H21N3O4/c1-13-21-19(27-22-13)14-8-10-23(11-9-14)12-15-6-7-18(26-15)16-4-2-3-5-17(16)20(24)25/h2-7,14H,8-12H2,1H3,(H,24,25). The van der Waals surface area contributed by atoms with Gasteiger partial charge in [-0.05, 0) is 51.1 Å². The highest BCUT2D eigenvalue weighted by molar-refractivity contribution is 5.95. The minimum atomic E-state index is -0.957. The van der Waals surface area contributed by atoms with Gasteiger partial charge in [0.1, 0.15) is 11.5 Å². The lowest BCUT2D eigenvalue weighted by atomic mass is 9.97. The zero-order chi connectivity index (χ0) is 18.8. The van der Waals surface area contributed by atoms with Crippen LogP contribution in [0.25, 0.3) is 11.3 Å². The Morgan fingerprint density at radius 2 is 2.00 bits per heavy atom. The van der Waals surface area contributed by atoms with E-state index in [-0.39, 0.29) is 5.56 Å². The second-order valence-electron chi connectivity index (χ2n) is 6.85. The minimum Gasteiger partial charge on any atom is -0.478 e. The van der Waals surface area contributed by atoms with Gasteiger partial charge in [0.25, 0.3) is 0 Å². The number of hydrogen-bond acceptors (Lipinski definition) is 6. The average molecular weight is 367 g/mol. The largest absolute Gasteiger partial charge is 0.478 e. The number of carboxylic acids is 1. The van der Waals surface area contributed by atoms with Crippen LogP contribution in [0.4, 0.5) is 0 Å². The Morgan fingerprint density at radius 1 is 1.22 bits per heavy atom. The quantitative estimate of drug-likeness (QED) is 0.734. The second-order valence-corrected chi connectivity index (χ2v) is 6.85. The molecule has 140 valence electrons. The molecule has 1 aromatic carbocycles. The molecule has 27 heavy (non-hydrogen) atoms. The first-order valence-corrected chi connectivity index (χ1v) is 9.04. The van der Waals surface area contributed by atoms with Crippen molar-refractivity contribution in [3.8, 4) is 11.3 Å². The van der Waals surface area contributed by atoms with Crippen molar-refractivity contribution in [3.05, 3.63) is 59.4 Å². The van der Waals surface area contributed by atoms with Gasteiger partial charge < -0.3 is 14.0 Å². The number of aromatic carboxylic acids is 1. The Hall–Kier alpha value is -2.93. The number of aryl methyl sites for hydroxylation is 1. The summed E-state index contributed by atoms with van der Waals surface area (Å²) in [6.45, 7) is 4.38. The van der Waals surface area contributed by atoms with E-state index in [0.29, 0.717) is 29.6 Å². The lowest BCUT2D eigenvalue weighted by Gasteiger charge is -2.29. The highest BCUT2D eigenvalue weighted by Crippen LogP contribution is 2.29. The van der Waals surface area contributed by atoms with Crippen LogP contribution < -0.4 is 0 Å². The summed E-state index contributed by atoms with van der Waals surface area (Å²) in [4.78, 5) is 18.1. The molecule has 2 aromatic heterocycles. The Labute approximate surface area is 156 Å². The predicted octanol–water partition coefficient (Wildman–Crippen LogP) is 3.72. The van der Waals surface area contributed by atoms with Crippen molar-refractivity contribution in [1.29, 1.82) is 0 Å². The molecule has 4 rings (SSSR count). The first kappa shape index (κ1) is 17.5. The van der Waals surface area contributed by atoms with Crippen molar-refractivity contribution >= 4 is 5.97 Å². The summed E-state index contributed by atoms with van der Waals surface area (Å²) in [6.07, 6.45) is 1.94. The number of hydrogen-bond donors (Lipinski definition) is 1. The van der Waals surface area contributed by atoms with Gasteiger partial charge in [0.05, 0.1) is 12.1 Å². The molecule has 3 heterocycles. The molecule has 0 radical (unpaired) electrons. The smallest absolute Gasteiger partial charge is 0.336 e. The number of aromatic nitrogens is 2. The van der Waals surface area contributed by atoms with Gasteiger partial charge in [-0.1, -0.05) is 23.4 Å². The number of piperidine rings is 1. The summed E-state index contributed by atoms with van der Waals surface area (Å²) in [5, 5.41) is 13.2. The van der Waals surface area contributed by atoms with Gasteiger partial charge in [-0.3, -0.25) is 4.90 Å². The Bertz CT molecular complexity index is 938. The molecule has 1 saturated heterocycles. The van der Waals surface area contributed by atoms with Crippen LogP contribution in [0.5, 0.6) is 0 Å². The van der Waals surface area contributed by atoms with Gasteiger partial charge in [0.15, 0.2) is 5.82 Å². The number of carboxylic acid groups (broad SMARTS) is 1. The van der Waals surface area contributed by atoms with Crippen LogP contribution in [0.15, 0.2) is 45.3 Å². The molecule has 0 bridgehead atoms. The number of likely N-dealkylation sites (tertiary alicyclic amines) is 1. The fraction of sp³-hybridized carbons (Fsp3) is 0.350. The summed E-state index contributed by atoms with van der Waals surface area (Å²) in [5.41, 5.74) is 0.843. The zero-order valence-corrected chi connectivity index (χ0v) is 15.1. The minimum absolute atomic E-state index is 0.245. The first-order valence-electron chi connectivity index (χ1n) is 9.04. The number of rotatable bonds is 5. The van der Waals surface area contributed by atoms with Crippen molar-refractivity contribution in [2.24, 2.45) is 0 Å². The molecule has 0 spiro atoms. The third kappa shape index (κ3) is 3.78. The molecular formula is C20H21N3O4. The highest BCUT2D eigenvalue weighted by Gasteiger charge is 2.25. The van der Waals surface area contributed by atoms with Crippen molar-refractivity contribution < 1.29 is 18.8 Å². The summed E-state index contributed by atoms with van der Waals surface area (Å²) >= 11 is 0. The lowest BCUT2D eigenvalue weighted by Crippen LogP contribution is -2.32. The van der Waals surface area contributed by atoms with Crippen molar-refractivity contribution in [2.45, 2.75) is 32.2 Å². The molecule has 0 aliphatic carbocycles. The molecule has 1 aliphatic rings. The highest BCUT2D eigenvalue weighted by atomic mass is 16.5. The number of benzene rings is 1. The van der Waals surface area contributed by atoms with Crippen molar-refractivity contribution in [1.82, 2.24) is 15.0 Å². The van der Waals surface area contributed by atoms with Crippen molar-refractivity contribution in [3.63, 3.8) is 0 Å². The van der Waals surface area contributed by atoms with Gasteiger partial charge >= 0.3 is 5.97 Å². The van der Waals surface area contributed by atoms with Gasteiger partial charge in [-0.25, -0.2) is 4.79 Å². The SMILES string of the molecule is Cc1noc(C2CCN(Cc3ccc(-c4ccccc4C(=O)O)o3)CC2)n1. The molecule has 1 fully saturated rings. The topological polar surface area (TPSA) is 92.6 Å². The van der Waals surface area contributed by atoms with Gasteiger partial charge in [-0.15, -0.1) is 0 Å². The van der Waals surface area contributed by atoms with Crippen LogP contribution in [-0.2, 0) is 6.54 Å². The van der Waals surface area contributed by atoms with E-state index in [0.717, 1.165) is 37.6 Å². The molecule has 0 atom stereocenters. The van der Waals surface area contributed by atoms with E-state index in [1.165, 1.54) is 0 Å². The molecular weight excluding hydrogens is 346 g/mol. The van der Waals surface area contributed by atoms with Crippen molar-refractivity contribution in [2.75, 3.05) is 13.1 Å². The van der Waals surface area contributed by atoms with Gasteiger partial charge in [-0.2, -0.15) is 4.98 Å². The molecule has 7 nitrogen and oxygen atoms in total. The van der Waals surface area contributed by atoms with Crippen LogP contribution in [0, 0.1) is 6.92 Å². The van der Waals surface area contributed by atoms with Crippen LogP contribution >= 0.6 is 0 Å². The van der Waals surface area contributed by atoms with Crippen LogP contribution in [0.2, 0.25) is 0 Å². The zero-order valence-electron chi connectivity index (χ0n) is 15.1. The summed E-state index contributed by atoms with van der Waals surface area (Å²) < 4.78 is 11.2. The summed E-state index contributed by atoms with van der Waals surface area (Å²) in [6, 6.07) is 10.6. The lowest BCUT2D eigenvalue weighted by molar-refractivity contribution is 0.0697. The van der Waals surface area contributed by atoms with E-state index < -0.39 is 5.97 Å². The molecule has 0 amide bonds. The maximum absolute atomic E-state index is 11.4. The number of nitrogens with zero attached hydrogens (tertiary/aromatic N) is 3. The fourth-order valence-corrected chi connectivity index (χ4v) is 3.53. The predicted molar refractivity (Wildman–Crippen MR) is 97.4 cm³/mol. The Morgan fingerprint density at radius 3 is 2.70 bits per heavy atom. The monoisotopic (exact) mass is 367 g/mol. The summed E-state index contributed by atoms with van der Waals surface area (Å²) in [5.74, 6) is 2.19. The first-order chi connectivity index (χ1) is 13.1. The van der Waals surface area contributed by atoms with E-state index in [1.54, 1.807) is 18.2 Å². The van der Waals surface area contributed by atoms with E-state index >= 15 is 0 Å². The van der Waals surface area contributed by atoms with E-state index in [4.69, 9.17) is 8.94 Å². The molecule has 1 N–H and O–H groups in total. The van der Waals surface area contributed by atoms with Crippen LogP contribution in [0.1, 0.15) is 46.6 Å². The average Bonchev–Trinajstić information content (AvgIpc) is 3.31. The van der Waals surface area contributed by atoms with Crippen LogP contribution in [0.3, 0.4) is 0 Å². The maximum atomic E-state index is 11.4. The summed E-state index contributed by atoms with van der Waals surface area (Å²) in [7, 11) is 0. The molecule has 0 saturated carbocycles. The number of furan rings is 1. The van der Waals surface area contributed by atoms with Crippen LogP contribution in [-0.4, -0.2) is 39.2 Å². The normalized spacial score (nSPS) is 15.9. The Balaban J connectivity index is 1.40. The van der Waals surface area contributed by atoms with Gasteiger partial charge in [0, 0.05) is 11.5 Å². The van der Waals surface area contributed by atoms with E-state index in [1.807, 2.05) is 25.1 Å². The van der Waals surface area contributed by atoms with Gasteiger partial charge in [0.2, 0.25) is 5.89 Å². The fourth-order valence-electron chi connectivity index (χ4n) is 3.53. The molecule has 1 aliphatic heterocycles. The third-order valence-corrected chi connectivity index (χ3v) is 4.94. The number of carbonyl (C=O) groups is 1. The maximum Gasteiger partial charge on any atom is 0.336 e. The molecule has 7 heteroatoms. The second kappa shape index (κ2) is 7.36. The van der Waals surface area contributed by atoms with E-state index in [9.17, 15) is 9.90 Å². The third-order valence-electron chi connectivity index (χ3n) is 4.94.